The lowest BCUT2D eigenvalue weighted by molar-refractivity contribution is -0.115. The van der Waals surface area contributed by atoms with E-state index in [1.54, 1.807) is 7.05 Å². The van der Waals surface area contributed by atoms with Crippen LogP contribution in [-0.4, -0.2) is 55.5 Å². The summed E-state index contributed by atoms with van der Waals surface area (Å²) in [5.41, 5.74) is 0.559. The Hall–Kier alpha value is -1.42. The van der Waals surface area contributed by atoms with Crippen LogP contribution in [-0.2, 0) is 4.79 Å². The lowest BCUT2D eigenvalue weighted by atomic mass is 10.2. The van der Waals surface area contributed by atoms with Crippen molar-refractivity contribution in [2.24, 2.45) is 4.99 Å². The topological polar surface area (TPSA) is 68.8 Å². The first-order valence-corrected chi connectivity index (χ1v) is 9.09. The number of carbonyl (C=O) groups excluding carboxylic acids is 1. The number of guanidine groups is 1. The van der Waals surface area contributed by atoms with E-state index < -0.39 is 0 Å². The largest absolute Gasteiger partial charge is 0.356 e. The van der Waals surface area contributed by atoms with Crippen LogP contribution in [0.2, 0.25) is 0 Å². The van der Waals surface area contributed by atoms with Crippen molar-refractivity contribution in [3.63, 3.8) is 0 Å². The number of rotatable bonds is 9. The van der Waals surface area contributed by atoms with Crippen molar-refractivity contribution in [3.8, 4) is 0 Å². The monoisotopic (exact) mass is 493 g/mol. The second-order valence-electron chi connectivity index (χ2n) is 6.69. The van der Waals surface area contributed by atoms with Crippen LogP contribution in [0.1, 0.15) is 34.1 Å². The zero-order chi connectivity index (χ0) is 19.5. The summed E-state index contributed by atoms with van der Waals surface area (Å²) in [6.45, 7) is 10.7. The number of nitrogens with one attached hydrogen (secondary N) is 3. The molecule has 0 fully saturated rings. The van der Waals surface area contributed by atoms with Gasteiger partial charge in [-0.05, 0) is 58.4 Å². The molecule has 0 saturated carbocycles. The van der Waals surface area contributed by atoms with Crippen LogP contribution in [0.3, 0.4) is 0 Å². The molecular weight excluding hydrogens is 460 g/mol. The average molecular weight is 493 g/mol. The average Bonchev–Trinajstić information content (AvgIpc) is 2.58. The summed E-state index contributed by atoms with van der Waals surface area (Å²) in [6.07, 6.45) is 0.985. The lowest BCUT2D eigenvalue weighted by Crippen LogP contribution is -2.43. The predicted molar refractivity (Wildman–Crippen MR) is 121 cm³/mol. The minimum Gasteiger partial charge on any atom is -0.356 e. The highest BCUT2D eigenvalue weighted by molar-refractivity contribution is 14.0. The van der Waals surface area contributed by atoms with Crippen molar-refractivity contribution in [3.05, 3.63) is 30.1 Å². The normalized spacial score (nSPS) is 11.5. The van der Waals surface area contributed by atoms with Crippen molar-refractivity contribution >= 4 is 41.5 Å². The van der Waals surface area contributed by atoms with E-state index in [0.29, 0.717) is 23.7 Å². The fourth-order valence-electron chi connectivity index (χ4n) is 2.70. The standard InChI is InChI=1S/C19H32FN5O.HI/c1-14(2)25(15(3)4)12-6-11-22-19(21-5)23-13-18(26)24-17-9-7-16(20)8-10-17;/h7-10,14-15H,6,11-13H2,1-5H3,(H,24,26)(H2,21,22,23);1H. The van der Waals surface area contributed by atoms with E-state index in [-0.39, 0.29) is 42.2 Å². The van der Waals surface area contributed by atoms with Gasteiger partial charge in [-0.3, -0.25) is 14.7 Å². The second-order valence-corrected chi connectivity index (χ2v) is 6.69. The number of hydrogen-bond donors (Lipinski definition) is 3. The molecule has 1 aromatic rings. The van der Waals surface area contributed by atoms with Gasteiger partial charge in [-0.15, -0.1) is 24.0 Å². The van der Waals surface area contributed by atoms with Crippen LogP contribution >= 0.6 is 24.0 Å². The van der Waals surface area contributed by atoms with Gasteiger partial charge in [0.15, 0.2) is 5.96 Å². The van der Waals surface area contributed by atoms with Gasteiger partial charge in [0.25, 0.3) is 0 Å². The molecule has 0 unspecified atom stereocenters. The van der Waals surface area contributed by atoms with E-state index in [4.69, 9.17) is 0 Å². The SMILES string of the molecule is CN=C(NCCCN(C(C)C)C(C)C)NCC(=O)Nc1ccc(F)cc1.I. The summed E-state index contributed by atoms with van der Waals surface area (Å²) >= 11 is 0. The van der Waals surface area contributed by atoms with Gasteiger partial charge in [0.05, 0.1) is 6.54 Å². The molecule has 6 nitrogen and oxygen atoms in total. The van der Waals surface area contributed by atoms with Gasteiger partial charge >= 0.3 is 0 Å². The number of nitrogens with zero attached hydrogens (tertiary/aromatic N) is 2. The van der Waals surface area contributed by atoms with Gasteiger partial charge in [-0.2, -0.15) is 0 Å². The summed E-state index contributed by atoms with van der Waals surface area (Å²) < 4.78 is 12.9. The van der Waals surface area contributed by atoms with Crippen LogP contribution in [0.4, 0.5) is 10.1 Å². The van der Waals surface area contributed by atoms with Gasteiger partial charge < -0.3 is 16.0 Å². The fraction of sp³-hybridized carbons (Fsp3) is 0.579. The molecule has 0 radical (unpaired) electrons. The lowest BCUT2D eigenvalue weighted by Gasteiger charge is -2.30. The number of amides is 1. The highest BCUT2D eigenvalue weighted by Crippen LogP contribution is 2.07. The molecule has 27 heavy (non-hydrogen) atoms. The van der Waals surface area contributed by atoms with E-state index in [1.165, 1.54) is 24.3 Å². The maximum Gasteiger partial charge on any atom is 0.243 e. The molecule has 0 aliphatic carbocycles. The zero-order valence-electron chi connectivity index (χ0n) is 16.9. The molecule has 0 bridgehead atoms. The smallest absolute Gasteiger partial charge is 0.243 e. The third kappa shape index (κ3) is 10.5. The molecule has 1 aromatic carbocycles. The van der Waals surface area contributed by atoms with Gasteiger partial charge in [0, 0.05) is 37.9 Å². The van der Waals surface area contributed by atoms with Gasteiger partial charge in [-0.1, -0.05) is 0 Å². The Kier molecular flexibility index (Phi) is 13.0. The number of benzene rings is 1. The maximum absolute atomic E-state index is 12.9. The van der Waals surface area contributed by atoms with Crippen LogP contribution in [0.25, 0.3) is 0 Å². The molecule has 0 aliphatic heterocycles. The van der Waals surface area contributed by atoms with E-state index >= 15 is 0 Å². The fourth-order valence-corrected chi connectivity index (χ4v) is 2.70. The summed E-state index contributed by atoms with van der Waals surface area (Å²) in [6, 6.07) is 6.69. The Morgan fingerprint density at radius 2 is 1.70 bits per heavy atom. The Balaban J connectivity index is 0.00000676. The third-order valence-corrected chi connectivity index (χ3v) is 3.98. The molecule has 0 heterocycles. The minimum atomic E-state index is -0.334. The number of carbonyl (C=O) groups is 1. The quantitative estimate of drug-likeness (QED) is 0.214. The highest BCUT2D eigenvalue weighted by atomic mass is 127. The van der Waals surface area contributed by atoms with Crippen LogP contribution in [0.15, 0.2) is 29.3 Å². The van der Waals surface area contributed by atoms with Crippen LogP contribution in [0, 0.1) is 5.82 Å². The number of hydrogen-bond acceptors (Lipinski definition) is 3. The highest BCUT2D eigenvalue weighted by Gasteiger charge is 2.12. The minimum absolute atomic E-state index is 0. The summed E-state index contributed by atoms with van der Waals surface area (Å²) in [7, 11) is 1.67. The molecule has 1 rings (SSSR count). The van der Waals surface area contributed by atoms with Crippen molar-refractivity contribution in [2.75, 3.05) is 32.0 Å². The van der Waals surface area contributed by atoms with Crippen molar-refractivity contribution in [1.29, 1.82) is 0 Å². The molecule has 3 N–H and O–H groups in total. The molecular formula is C19H33FIN5O. The van der Waals surface area contributed by atoms with Crippen LogP contribution in [0.5, 0.6) is 0 Å². The summed E-state index contributed by atoms with van der Waals surface area (Å²) in [5, 5.41) is 8.88. The van der Waals surface area contributed by atoms with Crippen molar-refractivity contribution in [2.45, 2.75) is 46.2 Å². The summed E-state index contributed by atoms with van der Waals surface area (Å²) in [5.74, 6) is 0.0319. The molecule has 1 amide bonds. The predicted octanol–water partition coefficient (Wildman–Crippen LogP) is 3.06. The zero-order valence-corrected chi connectivity index (χ0v) is 19.2. The van der Waals surface area contributed by atoms with Crippen LogP contribution < -0.4 is 16.0 Å². The number of halogens is 2. The van der Waals surface area contributed by atoms with Gasteiger partial charge in [-0.25, -0.2) is 4.39 Å². The molecule has 0 aliphatic rings. The van der Waals surface area contributed by atoms with E-state index in [0.717, 1.165) is 19.5 Å². The Labute approximate surface area is 179 Å². The second kappa shape index (κ2) is 13.7. The van der Waals surface area contributed by atoms with Crippen molar-refractivity contribution < 1.29 is 9.18 Å². The maximum atomic E-state index is 12.9. The Morgan fingerprint density at radius 1 is 1.11 bits per heavy atom. The molecule has 0 saturated heterocycles. The molecule has 0 atom stereocenters. The number of aliphatic imine (C=N–C) groups is 1. The van der Waals surface area contributed by atoms with Crippen molar-refractivity contribution in [1.82, 2.24) is 15.5 Å². The van der Waals surface area contributed by atoms with E-state index in [9.17, 15) is 9.18 Å². The first-order valence-electron chi connectivity index (χ1n) is 9.09. The molecule has 8 heteroatoms. The first-order chi connectivity index (χ1) is 12.3. The molecule has 0 spiro atoms. The van der Waals surface area contributed by atoms with Gasteiger partial charge in [0.2, 0.25) is 5.91 Å². The molecule has 154 valence electrons. The molecule has 0 aromatic heterocycles. The van der Waals surface area contributed by atoms with E-state index in [1.807, 2.05) is 0 Å². The Morgan fingerprint density at radius 3 is 2.22 bits per heavy atom. The number of anilines is 1. The van der Waals surface area contributed by atoms with Gasteiger partial charge in [0.1, 0.15) is 5.82 Å². The van der Waals surface area contributed by atoms with E-state index in [2.05, 4.69) is 53.5 Å². The third-order valence-electron chi connectivity index (χ3n) is 3.98. The summed E-state index contributed by atoms with van der Waals surface area (Å²) in [4.78, 5) is 18.5. The first kappa shape index (κ1) is 25.6. The Bertz CT molecular complexity index is 570.